The molecule has 1 heterocycles. The van der Waals surface area contributed by atoms with Crippen LogP contribution >= 0.6 is 23.6 Å². The van der Waals surface area contributed by atoms with Crippen LogP contribution in [0.1, 0.15) is 48.4 Å². The van der Waals surface area contributed by atoms with E-state index in [-0.39, 0.29) is 5.91 Å². The summed E-state index contributed by atoms with van der Waals surface area (Å²) >= 11 is 6.80. The lowest BCUT2D eigenvalue weighted by molar-refractivity contribution is -0.128. The molecule has 1 aliphatic carbocycles. The van der Waals surface area contributed by atoms with Gasteiger partial charge in [-0.3, -0.25) is 4.79 Å². The number of nitrogens with zero attached hydrogens (tertiary/aromatic N) is 1. The van der Waals surface area contributed by atoms with Crippen molar-refractivity contribution in [3.8, 4) is 0 Å². The Labute approximate surface area is 129 Å². The molecule has 1 aromatic rings. The summed E-state index contributed by atoms with van der Waals surface area (Å²) in [4.78, 5) is 18.2. The van der Waals surface area contributed by atoms with Gasteiger partial charge in [-0.05, 0) is 19.8 Å². The lowest BCUT2D eigenvalue weighted by atomic mass is 9.79. The normalized spacial score (nSPS) is 18.2. The van der Waals surface area contributed by atoms with Gasteiger partial charge in [-0.15, -0.1) is 11.3 Å². The third-order valence-electron chi connectivity index (χ3n) is 3.96. The van der Waals surface area contributed by atoms with Crippen molar-refractivity contribution in [1.29, 1.82) is 0 Å². The van der Waals surface area contributed by atoms with Gasteiger partial charge in [0.2, 0.25) is 5.91 Å². The zero-order valence-corrected chi connectivity index (χ0v) is 13.4. The Morgan fingerprint density at radius 1 is 1.45 bits per heavy atom. The SMILES string of the molecule is Cc1ncc(CNC(=O)C2(C(N)=S)CCCCCC2)s1. The molecule has 2 rings (SSSR count). The molecular weight excluding hydrogens is 290 g/mol. The average molecular weight is 311 g/mol. The lowest BCUT2D eigenvalue weighted by Crippen LogP contribution is -2.48. The molecule has 0 aliphatic heterocycles. The maximum absolute atomic E-state index is 12.6. The summed E-state index contributed by atoms with van der Waals surface area (Å²) in [6.07, 6.45) is 7.71. The fourth-order valence-electron chi connectivity index (χ4n) is 2.74. The third kappa shape index (κ3) is 3.35. The van der Waals surface area contributed by atoms with Crippen molar-refractivity contribution in [1.82, 2.24) is 10.3 Å². The molecule has 1 saturated carbocycles. The fourth-order valence-corrected chi connectivity index (χ4v) is 3.77. The van der Waals surface area contributed by atoms with Crippen LogP contribution in [-0.2, 0) is 11.3 Å². The molecule has 1 fully saturated rings. The molecule has 0 spiro atoms. The van der Waals surface area contributed by atoms with Gasteiger partial charge in [0.25, 0.3) is 0 Å². The predicted octanol–water partition coefficient (Wildman–Crippen LogP) is 2.69. The van der Waals surface area contributed by atoms with Crippen molar-refractivity contribution in [3.63, 3.8) is 0 Å². The first-order chi connectivity index (χ1) is 9.54. The summed E-state index contributed by atoms with van der Waals surface area (Å²) in [6, 6.07) is 0. The van der Waals surface area contributed by atoms with E-state index in [0.717, 1.165) is 48.4 Å². The standard InChI is InChI=1S/C14H21N3OS2/c1-10-16-8-11(20-10)9-17-13(18)14(12(15)19)6-4-2-3-5-7-14/h8H,2-7,9H2,1H3,(H2,15,19)(H,17,18). The first kappa shape index (κ1) is 15.4. The van der Waals surface area contributed by atoms with E-state index in [1.807, 2.05) is 6.92 Å². The average Bonchev–Trinajstić information content (AvgIpc) is 2.68. The molecule has 1 aliphatic rings. The van der Waals surface area contributed by atoms with Gasteiger partial charge < -0.3 is 11.1 Å². The number of amides is 1. The summed E-state index contributed by atoms with van der Waals surface area (Å²) in [5, 5.41) is 4.00. The van der Waals surface area contributed by atoms with Crippen LogP contribution in [0.25, 0.3) is 0 Å². The van der Waals surface area contributed by atoms with Gasteiger partial charge >= 0.3 is 0 Å². The Kier molecular flexibility index (Phi) is 5.10. The quantitative estimate of drug-likeness (QED) is 0.662. The molecule has 1 amide bonds. The van der Waals surface area contributed by atoms with Gasteiger partial charge in [0.05, 0.1) is 22.0 Å². The Bertz CT molecular complexity index is 490. The molecule has 20 heavy (non-hydrogen) atoms. The molecule has 0 radical (unpaired) electrons. The summed E-state index contributed by atoms with van der Waals surface area (Å²) < 4.78 is 0. The number of rotatable bonds is 4. The minimum absolute atomic E-state index is 0.0158. The number of hydrogen-bond donors (Lipinski definition) is 2. The zero-order chi connectivity index (χ0) is 14.6. The molecule has 0 saturated heterocycles. The first-order valence-corrected chi connectivity index (χ1v) is 8.26. The second-order valence-electron chi connectivity index (χ2n) is 5.39. The van der Waals surface area contributed by atoms with E-state index in [1.54, 1.807) is 17.5 Å². The fraction of sp³-hybridized carbons (Fsp3) is 0.643. The molecule has 1 aromatic heterocycles. The number of hydrogen-bond acceptors (Lipinski definition) is 4. The van der Waals surface area contributed by atoms with E-state index in [4.69, 9.17) is 18.0 Å². The maximum Gasteiger partial charge on any atom is 0.233 e. The van der Waals surface area contributed by atoms with E-state index >= 15 is 0 Å². The van der Waals surface area contributed by atoms with Gasteiger partial charge in [-0.1, -0.05) is 37.9 Å². The summed E-state index contributed by atoms with van der Waals surface area (Å²) in [5.41, 5.74) is 5.26. The van der Waals surface area contributed by atoms with Crippen molar-refractivity contribution < 1.29 is 4.79 Å². The molecule has 3 N–H and O–H groups in total. The van der Waals surface area contributed by atoms with Crippen LogP contribution in [0.2, 0.25) is 0 Å². The molecule has 0 atom stereocenters. The highest BCUT2D eigenvalue weighted by Crippen LogP contribution is 2.35. The number of nitrogens with one attached hydrogen (secondary N) is 1. The van der Waals surface area contributed by atoms with Crippen molar-refractivity contribution >= 4 is 34.5 Å². The number of aryl methyl sites for hydroxylation is 1. The summed E-state index contributed by atoms with van der Waals surface area (Å²) in [5.74, 6) is -0.0158. The summed E-state index contributed by atoms with van der Waals surface area (Å²) in [7, 11) is 0. The molecule has 0 bridgehead atoms. The van der Waals surface area contributed by atoms with Crippen LogP contribution in [0.15, 0.2) is 6.20 Å². The minimum Gasteiger partial charge on any atom is -0.392 e. The van der Waals surface area contributed by atoms with Crippen LogP contribution in [0.3, 0.4) is 0 Å². The van der Waals surface area contributed by atoms with Crippen molar-refractivity contribution in [2.45, 2.75) is 52.0 Å². The number of carbonyl (C=O) groups excluding carboxylic acids is 1. The first-order valence-electron chi connectivity index (χ1n) is 7.04. The number of carbonyl (C=O) groups is 1. The monoisotopic (exact) mass is 311 g/mol. The Balaban J connectivity index is 2.05. The second-order valence-corrected chi connectivity index (χ2v) is 7.15. The number of thiazole rings is 1. The third-order valence-corrected chi connectivity index (χ3v) is 5.26. The topological polar surface area (TPSA) is 68.0 Å². The Hall–Kier alpha value is -1.01. The lowest BCUT2D eigenvalue weighted by Gasteiger charge is -2.30. The van der Waals surface area contributed by atoms with Crippen LogP contribution in [0, 0.1) is 12.3 Å². The minimum atomic E-state index is -0.647. The zero-order valence-electron chi connectivity index (χ0n) is 11.8. The van der Waals surface area contributed by atoms with Crippen molar-refractivity contribution in [2.24, 2.45) is 11.1 Å². The molecule has 0 aromatic carbocycles. The molecule has 4 nitrogen and oxygen atoms in total. The van der Waals surface area contributed by atoms with Gasteiger partial charge in [0.1, 0.15) is 0 Å². The number of aromatic nitrogens is 1. The molecule has 110 valence electrons. The van der Waals surface area contributed by atoms with Gasteiger partial charge in [0, 0.05) is 11.1 Å². The highest BCUT2D eigenvalue weighted by atomic mass is 32.1. The smallest absolute Gasteiger partial charge is 0.233 e. The molecule has 6 heteroatoms. The van der Waals surface area contributed by atoms with Crippen LogP contribution in [0.4, 0.5) is 0 Å². The van der Waals surface area contributed by atoms with E-state index < -0.39 is 5.41 Å². The number of thiocarbonyl (C=S) groups is 1. The van der Waals surface area contributed by atoms with E-state index in [0.29, 0.717) is 11.5 Å². The molecule has 0 unspecified atom stereocenters. The highest BCUT2D eigenvalue weighted by molar-refractivity contribution is 7.80. The second kappa shape index (κ2) is 6.63. The van der Waals surface area contributed by atoms with Gasteiger partial charge in [-0.25, -0.2) is 4.98 Å². The van der Waals surface area contributed by atoms with Crippen molar-refractivity contribution in [3.05, 3.63) is 16.1 Å². The van der Waals surface area contributed by atoms with Gasteiger partial charge in [0.15, 0.2) is 0 Å². The predicted molar refractivity (Wildman–Crippen MR) is 85.6 cm³/mol. The van der Waals surface area contributed by atoms with E-state index in [2.05, 4.69) is 10.3 Å². The van der Waals surface area contributed by atoms with Crippen LogP contribution in [-0.4, -0.2) is 15.9 Å². The highest BCUT2D eigenvalue weighted by Gasteiger charge is 2.41. The van der Waals surface area contributed by atoms with Crippen LogP contribution in [0.5, 0.6) is 0 Å². The van der Waals surface area contributed by atoms with E-state index in [9.17, 15) is 4.79 Å². The Morgan fingerprint density at radius 2 is 2.10 bits per heavy atom. The largest absolute Gasteiger partial charge is 0.392 e. The van der Waals surface area contributed by atoms with Gasteiger partial charge in [-0.2, -0.15) is 0 Å². The maximum atomic E-state index is 12.6. The van der Waals surface area contributed by atoms with Crippen molar-refractivity contribution in [2.75, 3.05) is 0 Å². The molecular formula is C14H21N3OS2. The summed E-state index contributed by atoms with van der Waals surface area (Å²) in [6.45, 7) is 2.46. The van der Waals surface area contributed by atoms with E-state index in [1.165, 1.54) is 0 Å². The number of nitrogens with two attached hydrogens (primary N) is 1. The van der Waals surface area contributed by atoms with Crippen LogP contribution < -0.4 is 11.1 Å². The Morgan fingerprint density at radius 3 is 2.60 bits per heavy atom.